The minimum Gasteiger partial charge on any atom is 4.00 e. The molecule has 0 saturated heterocycles. The molecule has 0 spiro atoms. The Morgan fingerprint density at radius 1 is 0.880 bits per heavy atom. The maximum Gasteiger partial charge on any atom is 4.00 e. The predicted octanol–water partition coefficient (Wildman–Crippen LogP) is 8.03. The second-order valence-corrected chi connectivity index (χ2v) is 8.88. The van der Waals surface area contributed by atoms with Gasteiger partial charge in [0, 0.05) is 0 Å². The van der Waals surface area contributed by atoms with Crippen LogP contribution >= 0.6 is 0 Å². The van der Waals surface area contributed by atoms with Crippen LogP contribution < -0.4 is 0 Å². The second-order valence-electron chi connectivity index (χ2n) is 5.19. The SMILES string of the molecule is CCCC[NH-].CCCC[NH-].CCCC[NH-].[C-]1=CC=CC1.[CH3][Ge]([CH3])[F].[Zr+4]. The van der Waals surface area contributed by atoms with Gasteiger partial charge in [-0.05, 0) is 0 Å². The summed E-state index contributed by atoms with van der Waals surface area (Å²) < 4.78 is 11.2. The van der Waals surface area contributed by atoms with Crippen LogP contribution in [0.15, 0.2) is 18.2 Å². The molecule has 1 rings (SSSR count). The smallest absolute Gasteiger partial charge is 4.00 e. The van der Waals surface area contributed by atoms with Gasteiger partial charge in [-0.2, -0.15) is 25.7 Å². The van der Waals surface area contributed by atoms with Crippen molar-refractivity contribution in [3.8, 4) is 0 Å². The number of hydrogen-bond donors (Lipinski definition) is 0. The minimum absolute atomic E-state index is 0. The van der Waals surface area contributed by atoms with E-state index in [-0.39, 0.29) is 26.2 Å². The van der Waals surface area contributed by atoms with Gasteiger partial charge in [0.2, 0.25) is 0 Å². The average Bonchev–Trinajstić information content (AvgIpc) is 3.10. The van der Waals surface area contributed by atoms with Crippen LogP contribution in [-0.2, 0) is 26.2 Å². The average molecular weight is 494 g/mol. The van der Waals surface area contributed by atoms with Crippen LogP contribution in [-0.4, -0.2) is 34.4 Å². The zero-order chi connectivity index (χ0) is 19.5. The van der Waals surface area contributed by atoms with Gasteiger partial charge in [-0.15, -0.1) is 6.42 Å². The first-order valence-electron chi connectivity index (χ1n) is 9.09. The number of hydrogen-bond acceptors (Lipinski definition) is 0. The van der Waals surface area contributed by atoms with E-state index < -0.39 is 14.8 Å². The van der Waals surface area contributed by atoms with Crippen molar-refractivity contribution in [2.45, 2.75) is 77.2 Å². The summed E-state index contributed by atoms with van der Waals surface area (Å²) in [7, 11) is 0. The molecular formula is C19H41FGeN3Zr. The van der Waals surface area contributed by atoms with Crippen LogP contribution in [0.25, 0.3) is 17.2 Å². The molecule has 0 aromatic heterocycles. The van der Waals surface area contributed by atoms with Crippen molar-refractivity contribution in [3.63, 3.8) is 0 Å². The summed E-state index contributed by atoms with van der Waals surface area (Å²) in [4.78, 5) is 0. The number of nitrogens with one attached hydrogen (secondary N) is 3. The van der Waals surface area contributed by atoms with Gasteiger partial charge < -0.3 is 17.2 Å². The summed E-state index contributed by atoms with van der Waals surface area (Å²) in [6, 6.07) is 0. The molecule has 0 unspecified atom stereocenters. The van der Waals surface area contributed by atoms with Gasteiger partial charge in [0.1, 0.15) is 0 Å². The summed E-state index contributed by atoms with van der Waals surface area (Å²) in [6.45, 7) is 8.06. The van der Waals surface area contributed by atoms with Crippen molar-refractivity contribution in [1.29, 1.82) is 0 Å². The van der Waals surface area contributed by atoms with E-state index in [0.29, 0.717) is 19.6 Å². The fourth-order valence-corrected chi connectivity index (χ4v) is 0.871. The Hall–Kier alpha value is 0.716. The molecular weight excluding hydrogens is 453 g/mol. The predicted molar refractivity (Wildman–Crippen MR) is 112 cm³/mol. The number of halogens is 1. The number of unbranched alkanes of at least 4 members (excludes halogenated alkanes) is 3. The van der Waals surface area contributed by atoms with Crippen LogP contribution in [0.2, 0.25) is 11.5 Å². The molecule has 3 nitrogen and oxygen atoms in total. The minimum atomic E-state index is -1.83. The largest absolute Gasteiger partial charge is 4.00 e. The third-order valence-electron chi connectivity index (χ3n) is 2.18. The molecule has 147 valence electrons. The van der Waals surface area contributed by atoms with Crippen molar-refractivity contribution >= 4 is 14.8 Å². The van der Waals surface area contributed by atoms with Crippen LogP contribution in [0.5, 0.6) is 0 Å². The Bertz CT molecular complexity index is 196. The van der Waals surface area contributed by atoms with Crippen molar-refractivity contribution in [3.05, 3.63) is 41.5 Å². The van der Waals surface area contributed by atoms with Crippen molar-refractivity contribution in [2.75, 3.05) is 19.6 Å². The van der Waals surface area contributed by atoms with Gasteiger partial charge in [0.15, 0.2) is 0 Å². The van der Waals surface area contributed by atoms with Crippen LogP contribution in [0.3, 0.4) is 0 Å². The zero-order valence-electron chi connectivity index (χ0n) is 17.2. The van der Waals surface area contributed by atoms with Gasteiger partial charge in [0.05, 0.1) is 0 Å². The Labute approximate surface area is 182 Å². The van der Waals surface area contributed by atoms with Crippen molar-refractivity contribution in [2.24, 2.45) is 0 Å². The van der Waals surface area contributed by atoms with Crippen molar-refractivity contribution < 1.29 is 29.7 Å². The van der Waals surface area contributed by atoms with Crippen molar-refractivity contribution in [1.82, 2.24) is 0 Å². The molecule has 1 radical (unpaired) electrons. The molecule has 0 saturated carbocycles. The maximum atomic E-state index is 11.2. The zero-order valence-corrected chi connectivity index (χ0v) is 21.7. The molecule has 0 bridgehead atoms. The fourth-order valence-electron chi connectivity index (χ4n) is 0.871. The second kappa shape index (κ2) is 44.3. The van der Waals surface area contributed by atoms with Gasteiger partial charge in [0.25, 0.3) is 0 Å². The molecule has 0 amide bonds. The van der Waals surface area contributed by atoms with Crippen LogP contribution in [0.1, 0.15) is 65.7 Å². The molecule has 0 atom stereocenters. The Balaban J connectivity index is -0.0000000662. The quantitative estimate of drug-likeness (QED) is 0.265. The van der Waals surface area contributed by atoms with E-state index >= 15 is 0 Å². The molecule has 3 N–H and O–H groups in total. The summed E-state index contributed by atoms with van der Waals surface area (Å²) in [5, 5.41) is 0. The van der Waals surface area contributed by atoms with E-state index in [1.165, 1.54) is 0 Å². The Kier molecular flexibility index (Phi) is 64.9. The van der Waals surface area contributed by atoms with E-state index in [4.69, 9.17) is 17.2 Å². The summed E-state index contributed by atoms with van der Waals surface area (Å²) >= 11 is -1.83. The Morgan fingerprint density at radius 2 is 1.20 bits per heavy atom. The van der Waals surface area contributed by atoms with E-state index in [0.717, 1.165) is 44.9 Å². The first-order chi connectivity index (χ1) is 11.5. The van der Waals surface area contributed by atoms with E-state index in [1.807, 2.05) is 12.2 Å². The van der Waals surface area contributed by atoms with Gasteiger partial charge in [-0.3, -0.25) is 6.08 Å². The molecule has 6 heteroatoms. The normalized spacial score (nSPS) is 10.0. The monoisotopic (exact) mass is 494 g/mol. The number of rotatable bonds is 6. The summed E-state index contributed by atoms with van der Waals surface area (Å²) in [6.07, 6.45) is 16.6. The third kappa shape index (κ3) is 92.9. The molecule has 1 aliphatic carbocycles. The summed E-state index contributed by atoms with van der Waals surface area (Å²) in [5.41, 5.74) is 19.8. The first kappa shape index (κ1) is 36.6. The van der Waals surface area contributed by atoms with Gasteiger partial charge in [-0.25, -0.2) is 12.2 Å². The third-order valence-corrected chi connectivity index (χ3v) is 2.18. The molecule has 0 aliphatic heterocycles. The Morgan fingerprint density at radius 3 is 1.24 bits per heavy atom. The maximum absolute atomic E-state index is 11.2. The van der Waals surface area contributed by atoms with Crippen LogP contribution in [0, 0.1) is 6.08 Å². The molecule has 0 aromatic rings. The van der Waals surface area contributed by atoms with E-state index in [9.17, 15) is 3.50 Å². The molecule has 0 aromatic carbocycles. The molecule has 0 heterocycles. The van der Waals surface area contributed by atoms with Crippen LogP contribution in [0.4, 0.5) is 3.50 Å². The molecule has 25 heavy (non-hydrogen) atoms. The standard InChI is InChI=1S/C5H5.3C4H10N.C2H6FGe.Zr/c1-2-4-5-3-1;3*1-2-3-4-5;1-4(2)3;/h1-3H,4H2;3*5H,2-4H2,1H3;1-2H3;/q4*-1;;+4. The van der Waals surface area contributed by atoms with Gasteiger partial charge >= 0.3 is 56.0 Å². The summed E-state index contributed by atoms with van der Waals surface area (Å²) in [5.74, 6) is 3.33. The van der Waals surface area contributed by atoms with E-state index in [2.05, 4.69) is 32.9 Å². The first-order valence-corrected chi connectivity index (χ1v) is 14.1. The molecule has 1 aliphatic rings. The van der Waals surface area contributed by atoms with Gasteiger partial charge in [-0.1, -0.05) is 59.3 Å². The topological polar surface area (TPSA) is 71.4 Å². The molecule has 0 fully saturated rings. The van der Waals surface area contributed by atoms with E-state index in [1.54, 1.807) is 11.5 Å². The number of allylic oxidation sites excluding steroid dienone is 4. The fraction of sp³-hybridized carbons (Fsp3) is 0.789.